The van der Waals surface area contributed by atoms with E-state index in [1.54, 1.807) is 6.20 Å². The van der Waals surface area contributed by atoms with E-state index in [4.69, 9.17) is 4.74 Å². The first-order valence-electron chi connectivity index (χ1n) is 4.89. The number of aromatic amines is 1. The lowest BCUT2D eigenvalue weighted by molar-refractivity contribution is -0.134. The molecule has 1 N–H and O–H groups in total. The van der Waals surface area contributed by atoms with Gasteiger partial charge in [-0.2, -0.15) is 5.10 Å². The number of fused-ring (bicyclic) bond motifs is 1. The molecule has 0 bridgehead atoms. The van der Waals surface area contributed by atoms with Crippen LogP contribution in [0.25, 0.3) is 0 Å². The summed E-state index contributed by atoms with van der Waals surface area (Å²) in [5.41, 5.74) is 1.16. The van der Waals surface area contributed by atoms with Crippen molar-refractivity contribution in [3.8, 4) is 5.75 Å². The van der Waals surface area contributed by atoms with Gasteiger partial charge in [0, 0.05) is 6.21 Å². The van der Waals surface area contributed by atoms with Crippen LogP contribution in [0.2, 0.25) is 0 Å². The zero-order valence-corrected chi connectivity index (χ0v) is 8.57. The van der Waals surface area contributed by atoms with E-state index in [1.165, 1.54) is 24.9 Å². The summed E-state index contributed by atoms with van der Waals surface area (Å²) in [4.78, 5) is 23.8. The molecule has 7 nitrogen and oxygen atoms in total. The maximum atomic E-state index is 11.9. The molecule has 0 radical (unpaired) electrons. The lowest BCUT2D eigenvalue weighted by Gasteiger charge is -2.06. The van der Waals surface area contributed by atoms with Crippen LogP contribution in [0.4, 0.5) is 5.69 Å². The summed E-state index contributed by atoms with van der Waals surface area (Å²) in [6, 6.07) is 0. The van der Waals surface area contributed by atoms with Crippen LogP contribution in [0.5, 0.6) is 5.75 Å². The fourth-order valence-electron chi connectivity index (χ4n) is 1.54. The van der Waals surface area contributed by atoms with Gasteiger partial charge in [0.25, 0.3) is 0 Å². The van der Waals surface area contributed by atoms with Crippen molar-refractivity contribution in [3.63, 3.8) is 0 Å². The summed E-state index contributed by atoms with van der Waals surface area (Å²) >= 11 is 0. The van der Waals surface area contributed by atoms with Crippen molar-refractivity contribution in [1.82, 2.24) is 20.2 Å². The predicted octanol–water partition coefficient (Wildman–Crippen LogP) is 0.605. The highest BCUT2D eigenvalue weighted by atomic mass is 16.5. The first-order valence-corrected chi connectivity index (χ1v) is 4.89. The minimum absolute atomic E-state index is 0.367. The van der Waals surface area contributed by atoms with E-state index in [0.29, 0.717) is 17.1 Å². The van der Waals surface area contributed by atoms with Crippen LogP contribution in [-0.2, 0) is 4.79 Å². The summed E-state index contributed by atoms with van der Waals surface area (Å²) < 4.78 is 5.11. The number of H-pyrrole nitrogens is 1. The van der Waals surface area contributed by atoms with E-state index >= 15 is 0 Å². The van der Waals surface area contributed by atoms with Crippen LogP contribution >= 0.6 is 0 Å². The van der Waals surface area contributed by atoms with Crippen molar-refractivity contribution in [2.75, 3.05) is 0 Å². The first kappa shape index (κ1) is 9.64. The van der Waals surface area contributed by atoms with Crippen molar-refractivity contribution >= 4 is 17.9 Å². The van der Waals surface area contributed by atoms with Crippen LogP contribution in [-0.4, -0.2) is 32.3 Å². The fraction of sp³-hybridized carbons (Fsp3) is 0.100. The maximum absolute atomic E-state index is 11.9. The number of esters is 1. The third-order valence-corrected chi connectivity index (χ3v) is 2.33. The number of nitrogens with zero attached hydrogens (tertiary/aromatic N) is 4. The Morgan fingerprint density at radius 3 is 3.18 bits per heavy atom. The SMILES string of the molecule is O=C(Oc1cn[nH]c1)C1C=Nc2cncnc21. The second-order valence-corrected chi connectivity index (χ2v) is 3.40. The smallest absolute Gasteiger partial charge is 0.326 e. The Morgan fingerprint density at radius 2 is 2.35 bits per heavy atom. The van der Waals surface area contributed by atoms with Gasteiger partial charge in [0.1, 0.15) is 17.9 Å². The van der Waals surface area contributed by atoms with Crippen molar-refractivity contribution in [2.45, 2.75) is 5.92 Å². The first-order chi connectivity index (χ1) is 8.34. The van der Waals surface area contributed by atoms with Crippen LogP contribution in [0, 0.1) is 0 Å². The highest BCUT2D eigenvalue weighted by molar-refractivity contribution is 6.01. The number of hydrogen-bond acceptors (Lipinski definition) is 6. The third kappa shape index (κ3) is 1.67. The number of rotatable bonds is 2. The zero-order chi connectivity index (χ0) is 11.7. The van der Waals surface area contributed by atoms with E-state index in [-0.39, 0.29) is 0 Å². The average molecular weight is 229 g/mol. The molecule has 2 aromatic rings. The van der Waals surface area contributed by atoms with Gasteiger partial charge in [-0.1, -0.05) is 0 Å². The Bertz CT molecular complexity index is 578. The standard InChI is InChI=1S/C10H7N5O2/c16-10(17-6-1-14-15-2-6)7-3-12-8-4-11-5-13-9(7)8/h1-5,7H,(H,14,15). The molecule has 1 aliphatic heterocycles. The number of aromatic nitrogens is 4. The van der Waals surface area contributed by atoms with Crippen molar-refractivity contribution in [2.24, 2.45) is 4.99 Å². The van der Waals surface area contributed by atoms with Crippen molar-refractivity contribution in [1.29, 1.82) is 0 Å². The lowest BCUT2D eigenvalue weighted by Crippen LogP contribution is -2.18. The molecule has 0 aromatic carbocycles. The zero-order valence-electron chi connectivity index (χ0n) is 8.57. The Hall–Kier alpha value is -2.57. The molecule has 84 valence electrons. The second kappa shape index (κ2) is 3.78. The second-order valence-electron chi connectivity index (χ2n) is 3.40. The summed E-state index contributed by atoms with van der Waals surface area (Å²) in [5.74, 6) is -0.651. The maximum Gasteiger partial charge on any atom is 0.326 e. The highest BCUT2D eigenvalue weighted by Gasteiger charge is 2.29. The third-order valence-electron chi connectivity index (χ3n) is 2.33. The molecule has 0 saturated carbocycles. The summed E-state index contributed by atoms with van der Waals surface area (Å²) in [6.45, 7) is 0. The molecular formula is C10H7N5O2. The average Bonchev–Trinajstić information content (AvgIpc) is 2.96. The molecule has 0 fully saturated rings. The van der Waals surface area contributed by atoms with E-state index < -0.39 is 11.9 Å². The summed E-state index contributed by atoms with van der Waals surface area (Å²) in [5, 5.41) is 6.24. The van der Waals surface area contributed by atoms with Crippen LogP contribution in [0.1, 0.15) is 11.6 Å². The molecule has 1 aliphatic rings. The topological polar surface area (TPSA) is 93.1 Å². The van der Waals surface area contributed by atoms with Crippen molar-refractivity contribution in [3.05, 3.63) is 30.6 Å². The Labute approximate surface area is 95.6 Å². The molecular weight excluding hydrogens is 222 g/mol. The van der Waals surface area contributed by atoms with Crippen LogP contribution in [0.15, 0.2) is 29.9 Å². The molecule has 3 heterocycles. The van der Waals surface area contributed by atoms with Gasteiger partial charge in [-0.05, 0) is 0 Å². The number of carbonyl (C=O) groups excluding carboxylic acids is 1. The molecule has 1 atom stereocenters. The van der Waals surface area contributed by atoms with Gasteiger partial charge in [0.05, 0.1) is 24.3 Å². The minimum atomic E-state index is -0.581. The van der Waals surface area contributed by atoms with Gasteiger partial charge >= 0.3 is 5.97 Å². The van der Waals surface area contributed by atoms with Gasteiger partial charge in [-0.15, -0.1) is 0 Å². The predicted molar refractivity (Wildman–Crippen MR) is 57.1 cm³/mol. The van der Waals surface area contributed by atoms with Gasteiger partial charge < -0.3 is 4.74 Å². The minimum Gasteiger partial charge on any atom is -0.422 e. The number of hydrogen-bond donors (Lipinski definition) is 1. The molecule has 3 rings (SSSR count). The van der Waals surface area contributed by atoms with Gasteiger partial charge in [0.2, 0.25) is 0 Å². The van der Waals surface area contributed by atoms with Gasteiger partial charge in [0.15, 0.2) is 5.75 Å². The molecule has 2 aromatic heterocycles. The molecule has 0 aliphatic carbocycles. The molecule has 7 heteroatoms. The van der Waals surface area contributed by atoms with E-state index in [0.717, 1.165) is 0 Å². The fourth-order valence-corrected chi connectivity index (χ4v) is 1.54. The molecule has 0 saturated heterocycles. The number of carbonyl (C=O) groups is 1. The van der Waals surface area contributed by atoms with Crippen molar-refractivity contribution < 1.29 is 9.53 Å². The Kier molecular flexibility index (Phi) is 2.14. The van der Waals surface area contributed by atoms with E-state index in [1.807, 2.05) is 0 Å². The van der Waals surface area contributed by atoms with Gasteiger partial charge in [-0.3, -0.25) is 14.9 Å². The quantitative estimate of drug-likeness (QED) is 0.761. The highest BCUT2D eigenvalue weighted by Crippen LogP contribution is 2.29. The summed E-state index contributed by atoms with van der Waals surface area (Å²) in [6.07, 6.45) is 7.35. The Morgan fingerprint density at radius 1 is 1.41 bits per heavy atom. The van der Waals surface area contributed by atoms with E-state index in [2.05, 4.69) is 25.2 Å². The van der Waals surface area contributed by atoms with Gasteiger partial charge in [-0.25, -0.2) is 9.97 Å². The summed E-state index contributed by atoms with van der Waals surface area (Å²) in [7, 11) is 0. The normalized spacial score (nSPS) is 16.8. The molecule has 17 heavy (non-hydrogen) atoms. The molecule has 0 spiro atoms. The molecule has 0 amide bonds. The largest absolute Gasteiger partial charge is 0.422 e. The lowest BCUT2D eigenvalue weighted by atomic mass is 10.1. The van der Waals surface area contributed by atoms with Crippen LogP contribution < -0.4 is 4.74 Å². The number of aliphatic imine (C=N–C) groups is 1. The Balaban J connectivity index is 1.83. The molecule has 1 unspecified atom stereocenters. The van der Waals surface area contributed by atoms with E-state index in [9.17, 15) is 4.79 Å². The number of nitrogens with one attached hydrogen (secondary N) is 1. The monoisotopic (exact) mass is 229 g/mol. The van der Waals surface area contributed by atoms with Crippen LogP contribution in [0.3, 0.4) is 0 Å². The number of ether oxygens (including phenoxy) is 1.